The van der Waals surface area contributed by atoms with Gasteiger partial charge in [-0.2, -0.15) is 5.26 Å². The van der Waals surface area contributed by atoms with E-state index in [1.165, 1.54) is 0 Å². The highest BCUT2D eigenvalue weighted by molar-refractivity contribution is 5.37. The molecule has 0 spiro atoms. The average Bonchev–Trinajstić information content (AvgIpc) is 3.08. The van der Waals surface area contributed by atoms with Crippen molar-refractivity contribution in [3.05, 3.63) is 60.0 Å². The highest BCUT2D eigenvalue weighted by Gasteiger charge is 2.12. The van der Waals surface area contributed by atoms with Crippen molar-refractivity contribution in [3.63, 3.8) is 0 Å². The standard InChI is InChI=1S/C19H21N5O/c1-15(19-23-22-18-9-2-4-11-24(18)19)21-14-16-7-6-8-17(13-16)25-12-5-3-10-20/h2,4,6-9,11,13,15,21H,3,5,12,14H2,1H3. The van der Waals surface area contributed by atoms with E-state index in [0.717, 1.165) is 29.2 Å². The Hall–Kier alpha value is -2.91. The molecule has 3 rings (SSSR count). The fourth-order valence-electron chi connectivity index (χ4n) is 2.60. The Bertz CT molecular complexity index is 867. The first-order valence-corrected chi connectivity index (χ1v) is 8.39. The number of hydrogen-bond acceptors (Lipinski definition) is 5. The Morgan fingerprint density at radius 3 is 3.04 bits per heavy atom. The van der Waals surface area contributed by atoms with Crippen LogP contribution >= 0.6 is 0 Å². The van der Waals surface area contributed by atoms with Crippen LogP contribution in [0.5, 0.6) is 5.75 Å². The Morgan fingerprint density at radius 1 is 1.24 bits per heavy atom. The van der Waals surface area contributed by atoms with Crippen LogP contribution in [0.4, 0.5) is 0 Å². The molecular weight excluding hydrogens is 314 g/mol. The average molecular weight is 335 g/mol. The van der Waals surface area contributed by atoms with Crippen LogP contribution in [0.3, 0.4) is 0 Å². The van der Waals surface area contributed by atoms with E-state index in [4.69, 9.17) is 10.00 Å². The number of aromatic nitrogens is 3. The SMILES string of the molecule is CC(NCc1cccc(OCCCC#N)c1)c1nnc2ccccn12. The molecule has 0 bridgehead atoms. The molecule has 1 unspecified atom stereocenters. The molecule has 0 amide bonds. The summed E-state index contributed by atoms with van der Waals surface area (Å²) in [5.41, 5.74) is 1.98. The largest absolute Gasteiger partial charge is 0.494 e. The Labute approximate surface area is 147 Å². The van der Waals surface area contributed by atoms with Crippen LogP contribution in [0.2, 0.25) is 0 Å². The van der Waals surface area contributed by atoms with E-state index in [9.17, 15) is 0 Å². The number of ether oxygens (including phenoxy) is 1. The van der Waals surface area contributed by atoms with Crippen molar-refractivity contribution < 1.29 is 4.74 Å². The molecule has 0 saturated heterocycles. The van der Waals surface area contributed by atoms with Gasteiger partial charge >= 0.3 is 0 Å². The quantitative estimate of drug-likeness (QED) is 0.640. The maximum atomic E-state index is 8.55. The van der Waals surface area contributed by atoms with E-state index in [1.807, 2.05) is 47.0 Å². The van der Waals surface area contributed by atoms with E-state index in [1.54, 1.807) is 0 Å². The van der Waals surface area contributed by atoms with Crippen molar-refractivity contribution in [2.75, 3.05) is 6.61 Å². The van der Waals surface area contributed by atoms with Gasteiger partial charge in [0, 0.05) is 19.2 Å². The van der Waals surface area contributed by atoms with Gasteiger partial charge in [-0.15, -0.1) is 10.2 Å². The van der Waals surface area contributed by atoms with Crippen LogP contribution < -0.4 is 10.1 Å². The number of nitrogens with one attached hydrogen (secondary N) is 1. The smallest absolute Gasteiger partial charge is 0.160 e. The summed E-state index contributed by atoms with van der Waals surface area (Å²) in [4.78, 5) is 0. The third-order valence-electron chi connectivity index (χ3n) is 3.94. The lowest BCUT2D eigenvalue weighted by molar-refractivity contribution is 0.312. The minimum Gasteiger partial charge on any atom is -0.494 e. The second kappa shape index (κ2) is 8.27. The van der Waals surface area contributed by atoms with Crippen molar-refractivity contribution in [2.24, 2.45) is 0 Å². The highest BCUT2D eigenvalue weighted by Crippen LogP contribution is 2.16. The van der Waals surface area contributed by atoms with Gasteiger partial charge in [-0.3, -0.25) is 4.40 Å². The second-order valence-corrected chi connectivity index (χ2v) is 5.85. The van der Waals surface area contributed by atoms with Gasteiger partial charge < -0.3 is 10.1 Å². The summed E-state index contributed by atoms with van der Waals surface area (Å²) < 4.78 is 7.67. The number of rotatable bonds is 8. The van der Waals surface area contributed by atoms with E-state index < -0.39 is 0 Å². The molecule has 1 N–H and O–H groups in total. The third-order valence-corrected chi connectivity index (χ3v) is 3.94. The summed E-state index contributed by atoms with van der Waals surface area (Å²) in [6.45, 7) is 3.34. The number of unbranched alkanes of at least 4 members (excludes halogenated alkanes) is 1. The first-order chi connectivity index (χ1) is 12.3. The molecule has 6 nitrogen and oxygen atoms in total. The molecule has 128 valence electrons. The van der Waals surface area contributed by atoms with Gasteiger partial charge in [0.05, 0.1) is 18.7 Å². The molecule has 3 aromatic rings. The summed E-state index contributed by atoms with van der Waals surface area (Å²) >= 11 is 0. The second-order valence-electron chi connectivity index (χ2n) is 5.85. The Balaban J connectivity index is 1.58. The molecule has 25 heavy (non-hydrogen) atoms. The number of benzene rings is 1. The Kier molecular flexibility index (Phi) is 5.60. The normalized spacial score (nSPS) is 12.0. The van der Waals surface area contributed by atoms with E-state index >= 15 is 0 Å². The predicted octanol–water partition coefficient (Wildman–Crippen LogP) is 3.26. The van der Waals surface area contributed by atoms with Crippen LogP contribution in [-0.2, 0) is 6.54 Å². The summed E-state index contributed by atoms with van der Waals surface area (Å²) in [7, 11) is 0. The number of hydrogen-bond donors (Lipinski definition) is 1. The van der Waals surface area contributed by atoms with Crippen LogP contribution in [0, 0.1) is 11.3 Å². The number of pyridine rings is 1. The topological polar surface area (TPSA) is 75.2 Å². The summed E-state index contributed by atoms with van der Waals surface area (Å²) in [5, 5.41) is 20.5. The summed E-state index contributed by atoms with van der Waals surface area (Å²) in [6, 6.07) is 16.1. The van der Waals surface area contributed by atoms with Gasteiger partial charge in [0.15, 0.2) is 11.5 Å². The predicted molar refractivity (Wildman–Crippen MR) is 95.0 cm³/mol. The zero-order valence-corrected chi connectivity index (χ0v) is 14.2. The van der Waals surface area contributed by atoms with Crippen molar-refractivity contribution >= 4 is 5.65 Å². The minimum absolute atomic E-state index is 0.0672. The molecule has 0 saturated carbocycles. The molecule has 1 atom stereocenters. The number of fused-ring (bicyclic) bond motifs is 1. The molecule has 2 heterocycles. The molecule has 6 heteroatoms. The van der Waals surface area contributed by atoms with Crippen molar-refractivity contribution in [1.82, 2.24) is 19.9 Å². The Morgan fingerprint density at radius 2 is 2.16 bits per heavy atom. The van der Waals surface area contributed by atoms with Crippen LogP contribution in [0.1, 0.15) is 37.2 Å². The molecule has 1 aromatic carbocycles. The molecule has 0 fully saturated rings. The van der Waals surface area contributed by atoms with Gasteiger partial charge in [0.2, 0.25) is 0 Å². The summed E-state index contributed by atoms with van der Waals surface area (Å²) in [6.07, 6.45) is 3.24. The van der Waals surface area contributed by atoms with Gasteiger partial charge in [-0.05, 0) is 43.2 Å². The number of nitrogens with zero attached hydrogens (tertiary/aromatic N) is 4. The fraction of sp³-hybridized carbons (Fsp3) is 0.316. The molecule has 0 aliphatic rings. The highest BCUT2D eigenvalue weighted by atomic mass is 16.5. The van der Waals surface area contributed by atoms with Crippen molar-refractivity contribution in [3.8, 4) is 11.8 Å². The first-order valence-electron chi connectivity index (χ1n) is 8.39. The fourth-order valence-corrected chi connectivity index (χ4v) is 2.60. The third kappa shape index (κ3) is 4.34. The van der Waals surface area contributed by atoms with Gasteiger partial charge in [-0.25, -0.2) is 0 Å². The molecular formula is C19H21N5O. The van der Waals surface area contributed by atoms with Gasteiger partial charge in [0.1, 0.15) is 5.75 Å². The maximum Gasteiger partial charge on any atom is 0.160 e. The van der Waals surface area contributed by atoms with Crippen LogP contribution in [0.25, 0.3) is 5.65 Å². The minimum atomic E-state index is 0.0672. The van der Waals surface area contributed by atoms with Crippen LogP contribution in [-0.4, -0.2) is 21.2 Å². The molecule has 0 aliphatic carbocycles. The lowest BCUT2D eigenvalue weighted by Gasteiger charge is -2.13. The molecule has 0 radical (unpaired) electrons. The zero-order chi connectivity index (χ0) is 17.5. The molecule has 0 aliphatic heterocycles. The van der Waals surface area contributed by atoms with E-state index in [2.05, 4.69) is 34.6 Å². The van der Waals surface area contributed by atoms with E-state index in [-0.39, 0.29) is 6.04 Å². The lowest BCUT2D eigenvalue weighted by atomic mass is 10.2. The van der Waals surface area contributed by atoms with Crippen molar-refractivity contribution in [1.29, 1.82) is 5.26 Å². The first kappa shape index (κ1) is 16.9. The summed E-state index contributed by atoms with van der Waals surface area (Å²) in [5.74, 6) is 1.72. The van der Waals surface area contributed by atoms with Crippen LogP contribution in [0.15, 0.2) is 48.7 Å². The van der Waals surface area contributed by atoms with E-state index in [0.29, 0.717) is 19.6 Å². The number of nitriles is 1. The molecule has 2 aromatic heterocycles. The zero-order valence-electron chi connectivity index (χ0n) is 14.2. The van der Waals surface area contributed by atoms with Crippen molar-refractivity contribution in [2.45, 2.75) is 32.4 Å². The monoisotopic (exact) mass is 335 g/mol. The lowest BCUT2D eigenvalue weighted by Crippen LogP contribution is -2.20. The van der Waals surface area contributed by atoms with Gasteiger partial charge in [-0.1, -0.05) is 18.2 Å². The van der Waals surface area contributed by atoms with Gasteiger partial charge in [0.25, 0.3) is 0 Å². The maximum absolute atomic E-state index is 8.55.